The number of fused-ring (bicyclic) bond motifs is 1. The highest BCUT2D eigenvalue weighted by Gasteiger charge is 2.18. The van der Waals surface area contributed by atoms with E-state index in [1.165, 1.54) is 0 Å². The number of amides is 1. The van der Waals surface area contributed by atoms with Crippen molar-refractivity contribution >= 4 is 28.7 Å². The van der Waals surface area contributed by atoms with Crippen LogP contribution < -0.4 is 5.32 Å². The molecule has 0 aliphatic heterocycles. The molecule has 7 nitrogen and oxygen atoms in total. The third-order valence-corrected chi connectivity index (χ3v) is 4.24. The van der Waals surface area contributed by atoms with Gasteiger partial charge in [-0.25, -0.2) is 0 Å². The first-order valence-corrected chi connectivity index (χ1v) is 8.07. The molecular formula is C16H13N5O2S. The average molecular weight is 339 g/mol. The second-order valence-corrected chi connectivity index (χ2v) is 5.72. The highest BCUT2D eigenvalue weighted by atomic mass is 32.1. The molecule has 0 bridgehead atoms. The Morgan fingerprint density at radius 2 is 2.17 bits per heavy atom. The maximum absolute atomic E-state index is 12.4. The predicted octanol–water partition coefficient (Wildman–Crippen LogP) is 2.50. The Hall–Kier alpha value is -3.00. The maximum atomic E-state index is 12.4. The SMILES string of the molecule is O=C(NC[C@@H](c1ccco1)n1cccn1)c1ccc2nsnc2c1. The summed E-state index contributed by atoms with van der Waals surface area (Å²) < 4.78 is 15.5. The van der Waals surface area contributed by atoms with Crippen LogP contribution in [0.3, 0.4) is 0 Å². The lowest BCUT2D eigenvalue weighted by Crippen LogP contribution is -2.31. The van der Waals surface area contributed by atoms with Crippen molar-refractivity contribution in [1.82, 2.24) is 23.8 Å². The van der Waals surface area contributed by atoms with Gasteiger partial charge in [-0.2, -0.15) is 13.8 Å². The first kappa shape index (κ1) is 14.6. The topological polar surface area (TPSA) is 85.8 Å². The van der Waals surface area contributed by atoms with Crippen LogP contribution in [0.25, 0.3) is 11.0 Å². The molecule has 1 atom stereocenters. The van der Waals surface area contributed by atoms with Crippen LogP contribution in [-0.4, -0.2) is 31.0 Å². The van der Waals surface area contributed by atoms with E-state index in [0.717, 1.165) is 28.5 Å². The lowest BCUT2D eigenvalue weighted by molar-refractivity contribution is 0.0948. The van der Waals surface area contributed by atoms with Crippen LogP contribution in [0.4, 0.5) is 0 Å². The molecule has 1 N–H and O–H groups in total. The van der Waals surface area contributed by atoms with Gasteiger partial charge in [0.25, 0.3) is 5.91 Å². The van der Waals surface area contributed by atoms with E-state index < -0.39 is 0 Å². The van der Waals surface area contributed by atoms with Crippen molar-refractivity contribution < 1.29 is 9.21 Å². The minimum absolute atomic E-state index is 0.173. The molecule has 0 aliphatic carbocycles. The molecule has 3 aromatic heterocycles. The summed E-state index contributed by atoms with van der Waals surface area (Å²) in [5, 5.41) is 7.17. The number of carbonyl (C=O) groups is 1. The molecule has 0 spiro atoms. The third kappa shape index (κ3) is 2.79. The second-order valence-electron chi connectivity index (χ2n) is 5.20. The number of carbonyl (C=O) groups excluding carboxylic acids is 1. The van der Waals surface area contributed by atoms with Gasteiger partial charge in [0.05, 0.1) is 18.0 Å². The van der Waals surface area contributed by atoms with Crippen molar-refractivity contribution in [3.05, 3.63) is 66.4 Å². The summed E-state index contributed by atoms with van der Waals surface area (Å²) in [6.07, 6.45) is 5.14. The van der Waals surface area contributed by atoms with Crippen molar-refractivity contribution in [2.24, 2.45) is 0 Å². The summed E-state index contributed by atoms with van der Waals surface area (Å²) in [5.74, 6) is 0.562. The normalized spacial score (nSPS) is 12.3. The Labute approximate surface area is 141 Å². The minimum atomic E-state index is -0.205. The smallest absolute Gasteiger partial charge is 0.251 e. The molecule has 24 heavy (non-hydrogen) atoms. The summed E-state index contributed by atoms with van der Waals surface area (Å²) in [5.41, 5.74) is 2.07. The van der Waals surface area contributed by atoms with E-state index in [4.69, 9.17) is 4.42 Å². The van der Waals surface area contributed by atoms with E-state index in [-0.39, 0.29) is 11.9 Å². The minimum Gasteiger partial charge on any atom is -0.467 e. The van der Waals surface area contributed by atoms with Gasteiger partial charge >= 0.3 is 0 Å². The monoisotopic (exact) mass is 339 g/mol. The molecule has 0 radical (unpaired) electrons. The fourth-order valence-electron chi connectivity index (χ4n) is 2.49. The molecule has 4 aromatic rings. The maximum Gasteiger partial charge on any atom is 0.251 e. The van der Waals surface area contributed by atoms with Crippen LogP contribution >= 0.6 is 11.7 Å². The number of hydrogen-bond donors (Lipinski definition) is 1. The zero-order chi connectivity index (χ0) is 16.4. The highest BCUT2D eigenvalue weighted by molar-refractivity contribution is 7.00. The third-order valence-electron chi connectivity index (χ3n) is 3.69. The molecule has 0 aliphatic rings. The van der Waals surface area contributed by atoms with E-state index in [0.29, 0.717) is 12.1 Å². The van der Waals surface area contributed by atoms with Crippen LogP contribution in [0.2, 0.25) is 0 Å². The van der Waals surface area contributed by atoms with E-state index in [9.17, 15) is 4.79 Å². The molecule has 1 amide bonds. The van der Waals surface area contributed by atoms with Gasteiger partial charge in [0, 0.05) is 24.5 Å². The fraction of sp³-hybridized carbons (Fsp3) is 0.125. The van der Waals surface area contributed by atoms with Crippen LogP contribution in [0.15, 0.2) is 59.5 Å². The van der Waals surface area contributed by atoms with Crippen molar-refractivity contribution in [2.45, 2.75) is 6.04 Å². The zero-order valence-corrected chi connectivity index (χ0v) is 13.3. The van der Waals surface area contributed by atoms with Gasteiger partial charge in [-0.3, -0.25) is 9.48 Å². The molecule has 8 heteroatoms. The quantitative estimate of drug-likeness (QED) is 0.604. The molecule has 0 fully saturated rings. The van der Waals surface area contributed by atoms with E-state index in [1.54, 1.807) is 35.3 Å². The second kappa shape index (κ2) is 6.25. The lowest BCUT2D eigenvalue weighted by Gasteiger charge is -2.16. The van der Waals surface area contributed by atoms with Crippen molar-refractivity contribution in [3.8, 4) is 0 Å². The van der Waals surface area contributed by atoms with Gasteiger partial charge < -0.3 is 9.73 Å². The largest absolute Gasteiger partial charge is 0.467 e. The number of aromatic nitrogens is 4. The molecule has 4 rings (SSSR count). The van der Waals surface area contributed by atoms with Crippen molar-refractivity contribution in [1.29, 1.82) is 0 Å². The Morgan fingerprint density at radius 1 is 1.25 bits per heavy atom. The number of hydrogen-bond acceptors (Lipinski definition) is 6. The lowest BCUT2D eigenvalue weighted by atomic mass is 10.1. The highest BCUT2D eigenvalue weighted by Crippen LogP contribution is 2.18. The molecule has 0 saturated heterocycles. The first-order chi connectivity index (χ1) is 11.8. The molecule has 0 unspecified atom stereocenters. The number of rotatable bonds is 5. The summed E-state index contributed by atoms with van der Waals surface area (Å²) >= 11 is 1.13. The Bertz CT molecular complexity index is 912. The van der Waals surface area contributed by atoms with Crippen LogP contribution in [0, 0.1) is 0 Å². The van der Waals surface area contributed by atoms with Gasteiger partial charge in [0.15, 0.2) is 0 Å². The Morgan fingerprint density at radius 3 is 2.96 bits per heavy atom. The van der Waals surface area contributed by atoms with Crippen LogP contribution in [-0.2, 0) is 0 Å². The predicted molar refractivity (Wildman–Crippen MR) is 88.8 cm³/mol. The summed E-state index contributed by atoms with van der Waals surface area (Å²) in [6.45, 7) is 0.362. The van der Waals surface area contributed by atoms with E-state index in [1.807, 2.05) is 24.4 Å². The Kier molecular flexibility index (Phi) is 3.80. The van der Waals surface area contributed by atoms with Gasteiger partial charge in [-0.05, 0) is 36.4 Å². The van der Waals surface area contributed by atoms with E-state index >= 15 is 0 Å². The van der Waals surface area contributed by atoms with Gasteiger partial charge in [0.2, 0.25) is 0 Å². The van der Waals surface area contributed by atoms with Gasteiger partial charge in [0.1, 0.15) is 22.8 Å². The standard InChI is InChI=1S/C16H13N5O2S/c22-16(11-4-5-12-13(9-11)20-24-19-12)17-10-14(15-3-1-8-23-15)21-7-2-6-18-21/h1-9,14H,10H2,(H,17,22)/t14-/m0/s1. The fourth-order valence-corrected chi connectivity index (χ4v) is 3.00. The van der Waals surface area contributed by atoms with Gasteiger partial charge in [-0.1, -0.05) is 0 Å². The zero-order valence-electron chi connectivity index (χ0n) is 12.5. The molecule has 0 saturated carbocycles. The summed E-state index contributed by atoms with van der Waals surface area (Å²) in [4.78, 5) is 12.4. The van der Waals surface area contributed by atoms with Gasteiger partial charge in [-0.15, -0.1) is 0 Å². The van der Waals surface area contributed by atoms with Crippen LogP contribution in [0.1, 0.15) is 22.2 Å². The summed E-state index contributed by atoms with van der Waals surface area (Å²) in [7, 11) is 0. The number of furan rings is 1. The van der Waals surface area contributed by atoms with Crippen molar-refractivity contribution in [2.75, 3.05) is 6.54 Å². The Balaban J connectivity index is 1.52. The molecule has 120 valence electrons. The molecule has 3 heterocycles. The number of nitrogens with zero attached hydrogens (tertiary/aromatic N) is 4. The van der Waals surface area contributed by atoms with E-state index in [2.05, 4.69) is 19.2 Å². The number of benzene rings is 1. The first-order valence-electron chi connectivity index (χ1n) is 7.34. The molecule has 1 aromatic carbocycles. The molecular weight excluding hydrogens is 326 g/mol. The number of nitrogens with one attached hydrogen (secondary N) is 1. The van der Waals surface area contributed by atoms with Crippen molar-refractivity contribution in [3.63, 3.8) is 0 Å². The average Bonchev–Trinajstić information content (AvgIpc) is 3.36. The van der Waals surface area contributed by atoms with Crippen LogP contribution in [0.5, 0.6) is 0 Å². The summed E-state index contributed by atoms with van der Waals surface area (Å²) in [6, 6.07) is 10.6.